The van der Waals surface area contributed by atoms with E-state index >= 15 is 0 Å². The van der Waals surface area contributed by atoms with E-state index in [1.54, 1.807) is 0 Å². The van der Waals surface area contributed by atoms with Gasteiger partial charge in [0, 0.05) is 0 Å². The Hall–Kier alpha value is 0.520. The van der Waals surface area contributed by atoms with E-state index in [-0.39, 0.29) is 22.4 Å². The average molecular weight is 283 g/mol. The number of nitrogens with one attached hydrogen (secondary N) is 1. The van der Waals surface area contributed by atoms with Crippen LogP contribution in [0.5, 0.6) is 0 Å². The third-order valence-electron chi connectivity index (χ3n) is 0.204. The van der Waals surface area contributed by atoms with Crippen molar-refractivity contribution in [3.8, 4) is 0 Å². The van der Waals surface area contributed by atoms with Gasteiger partial charge in [-0.25, -0.2) is 16.8 Å². The minimum atomic E-state index is -5.18. The number of hydrogen-bond donors (Lipinski definition) is 1. The Labute approximate surface area is 73.1 Å². The molecule has 0 aliphatic rings. The first-order valence-corrected chi connectivity index (χ1v) is 4.22. The molecule has 0 rings (SSSR count). The van der Waals surface area contributed by atoms with Gasteiger partial charge in [0.2, 0.25) is 0 Å². The molecule has 0 unspecified atom stereocenters. The van der Waals surface area contributed by atoms with Crippen LogP contribution in [-0.4, -0.2) is 25.9 Å². The Bertz CT molecular complexity index is 241. The summed E-state index contributed by atoms with van der Waals surface area (Å²) in [4.78, 5) is 0. The molecule has 0 saturated heterocycles. The predicted octanol–water partition coefficient (Wildman–Crippen LogP) is -2.51. The second-order valence-corrected chi connectivity index (χ2v) is 3.47. The second-order valence-electron chi connectivity index (χ2n) is 0.992. The molecule has 0 aromatic carbocycles. The molecule has 65 valence electrons. The third-order valence-corrected chi connectivity index (χ3v) is 1.84. The van der Waals surface area contributed by atoms with Crippen molar-refractivity contribution in [3.63, 3.8) is 0 Å². The van der Waals surface area contributed by atoms with E-state index in [1.807, 2.05) is 0 Å². The fourth-order valence-corrected chi connectivity index (χ4v) is 1.12. The van der Waals surface area contributed by atoms with E-state index in [0.29, 0.717) is 4.13 Å². The van der Waals surface area contributed by atoms with Gasteiger partial charge in [0.05, 0.1) is 0 Å². The van der Waals surface area contributed by atoms with E-state index in [9.17, 15) is 25.9 Å². The molecule has 1 radical (unpaired) electrons. The standard InChI is InChI=1S/Ag.H3NO6S2/c;2-8(3,4)1-9(5,6)7/h;1H,(H,2,3,4)(H,5,6,7)/q+2;/p-2. The Balaban J connectivity index is 0. The maximum absolute atomic E-state index is 9.40. The Morgan fingerprint density at radius 1 is 0.900 bits per heavy atom. The Kier molecular flexibility index (Phi) is 4.97. The van der Waals surface area contributed by atoms with Crippen LogP contribution in [0.15, 0.2) is 0 Å². The minimum absolute atomic E-state index is 0. The summed E-state index contributed by atoms with van der Waals surface area (Å²) in [7, 11) is -10.4. The van der Waals surface area contributed by atoms with Crippen LogP contribution in [0.2, 0.25) is 0 Å². The molecule has 0 atom stereocenters. The molecule has 10 heteroatoms. The van der Waals surface area contributed by atoms with Crippen LogP contribution in [0.1, 0.15) is 0 Å². The molecule has 0 aromatic rings. The third kappa shape index (κ3) is 11.3. The van der Waals surface area contributed by atoms with Gasteiger partial charge in [0.15, 0.2) is 20.6 Å². The quantitative estimate of drug-likeness (QED) is 0.440. The van der Waals surface area contributed by atoms with Gasteiger partial charge in [-0.05, 0) is 0 Å². The van der Waals surface area contributed by atoms with Crippen molar-refractivity contribution in [3.05, 3.63) is 0 Å². The molecular formula is HAgNO6S2. The zero-order valence-electron chi connectivity index (χ0n) is 4.07. The largest absolute Gasteiger partial charge is 2.00 e. The van der Waals surface area contributed by atoms with Crippen LogP contribution in [-0.2, 0) is 43.0 Å². The molecular weight excluding hydrogens is 282 g/mol. The zero-order valence-corrected chi connectivity index (χ0v) is 7.18. The molecule has 0 aliphatic carbocycles. The van der Waals surface area contributed by atoms with E-state index in [0.717, 1.165) is 0 Å². The number of hydrogen-bond acceptors (Lipinski definition) is 6. The smallest absolute Gasteiger partial charge is 0.735 e. The maximum Gasteiger partial charge on any atom is 2.00 e. The van der Waals surface area contributed by atoms with Gasteiger partial charge >= 0.3 is 22.4 Å². The van der Waals surface area contributed by atoms with Crippen molar-refractivity contribution < 1.29 is 48.3 Å². The molecule has 0 heterocycles. The fourth-order valence-electron chi connectivity index (χ4n) is 0.125. The van der Waals surface area contributed by atoms with Crippen LogP contribution in [0.3, 0.4) is 0 Å². The van der Waals surface area contributed by atoms with Crippen molar-refractivity contribution in [1.29, 1.82) is 0 Å². The second kappa shape index (κ2) is 3.78. The van der Waals surface area contributed by atoms with E-state index in [1.165, 1.54) is 0 Å². The van der Waals surface area contributed by atoms with Gasteiger partial charge in [-0.15, -0.1) is 4.13 Å². The first-order chi connectivity index (χ1) is 3.71. The Morgan fingerprint density at radius 2 is 1.10 bits per heavy atom. The fraction of sp³-hybridized carbons (Fsp3) is 0. The van der Waals surface area contributed by atoms with Crippen molar-refractivity contribution in [1.82, 2.24) is 4.13 Å². The maximum atomic E-state index is 9.40. The summed E-state index contributed by atoms with van der Waals surface area (Å²) in [5, 5.41) is 0. The first kappa shape index (κ1) is 13.1. The summed E-state index contributed by atoms with van der Waals surface area (Å²) in [6.07, 6.45) is 0. The molecule has 0 saturated carbocycles. The Morgan fingerprint density at radius 3 is 1.10 bits per heavy atom. The van der Waals surface area contributed by atoms with E-state index < -0.39 is 20.6 Å². The van der Waals surface area contributed by atoms with Gasteiger partial charge in [-0.3, -0.25) is 0 Å². The molecule has 0 bridgehead atoms. The monoisotopic (exact) mass is 282 g/mol. The molecule has 0 amide bonds. The molecule has 10 heavy (non-hydrogen) atoms. The van der Waals surface area contributed by atoms with E-state index in [2.05, 4.69) is 0 Å². The van der Waals surface area contributed by atoms with Crippen molar-refractivity contribution >= 4 is 20.6 Å². The molecule has 0 fully saturated rings. The van der Waals surface area contributed by atoms with Crippen molar-refractivity contribution in [2.45, 2.75) is 0 Å². The predicted molar refractivity (Wildman–Crippen MR) is 22.5 cm³/mol. The molecule has 1 N–H and O–H groups in total. The summed E-state index contributed by atoms with van der Waals surface area (Å²) < 4.78 is 56.7. The van der Waals surface area contributed by atoms with Crippen LogP contribution < -0.4 is 4.13 Å². The topological polar surface area (TPSA) is 126 Å². The number of rotatable bonds is 2. The SMILES string of the molecule is O=S(=O)([O-])NS(=O)(=O)[O-].[Ag+2]. The summed E-state index contributed by atoms with van der Waals surface area (Å²) in [5.41, 5.74) is 0. The van der Waals surface area contributed by atoms with Gasteiger partial charge < -0.3 is 9.11 Å². The molecule has 0 spiro atoms. The average Bonchev–Trinajstić information content (AvgIpc) is 1.14. The van der Waals surface area contributed by atoms with Crippen molar-refractivity contribution in [2.75, 3.05) is 0 Å². The van der Waals surface area contributed by atoms with Crippen LogP contribution in [0.4, 0.5) is 0 Å². The van der Waals surface area contributed by atoms with E-state index in [4.69, 9.17) is 0 Å². The molecule has 0 aromatic heterocycles. The summed E-state index contributed by atoms with van der Waals surface area (Å²) in [6.45, 7) is 0. The normalized spacial score (nSPS) is 12.2. The van der Waals surface area contributed by atoms with Crippen LogP contribution in [0.25, 0.3) is 0 Å². The minimum Gasteiger partial charge on any atom is -0.735 e. The summed E-state index contributed by atoms with van der Waals surface area (Å²) >= 11 is 0. The van der Waals surface area contributed by atoms with Crippen molar-refractivity contribution in [2.24, 2.45) is 0 Å². The van der Waals surface area contributed by atoms with Gasteiger partial charge in [0.25, 0.3) is 0 Å². The molecule has 0 aliphatic heterocycles. The van der Waals surface area contributed by atoms with Gasteiger partial charge in [-0.2, -0.15) is 0 Å². The van der Waals surface area contributed by atoms with Crippen LogP contribution in [0, 0.1) is 0 Å². The van der Waals surface area contributed by atoms with Crippen LogP contribution >= 0.6 is 0 Å². The first-order valence-electron chi connectivity index (χ1n) is 1.41. The van der Waals surface area contributed by atoms with Gasteiger partial charge in [0.1, 0.15) is 0 Å². The summed E-state index contributed by atoms with van der Waals surface area (Å²) in [5.74, 6) is 0. The van der Waals surface area contributed by atoms with Gasteiger partial charge in [-0.1, -0.05) is 0 Å². The summed E-state index contributed by atoms with van der Waals surface area (Å²) in [6, 6.07) is 0. The zero-order chi connectivity index (χ0) is 7.71. The molecule has 7 nitrogen and oxygen atoms in total.